The summed E-state index contributed by atoms with van der Waals surface area (Å²) in [6, 6.07) is 9.31. The van der Waals surface area contributed by atoms with E-state index in [0.717, 1.165) is 6.07 Å². The Hall–Kier alpha value is -1.65. The van der Waals surface area contributed by atoms with Crippen LogP contribution in [-0.4, -0.2) is 43.2 Å². The van der Waals surface area contributed by atoms with Crippen molar-refractivity contribution in [2.45, 2.75) is 33.6 Å². The Morgan fingerprint density at radius 3 is 2.39 bits per heavy atom. The van der Waals surface area contributed by atoms with Crippen molar-refractivity contribution in [3.63, 3.8) is 0 Å². The first-order chi connectivity index (χ1) is 13.2. The molecule has 3 rings (SSSR count). The zero-order chi connectivity index (χ0) is 20.4. The van der Waals surface area contributed by atoms with Gasteiger partial charge in [0.15, 0.2) is 0 Å². The standard InChI is InChI=1S/C18H20ClNO6S2/c1-25-14-3-2-4-15(11-14)27(21,22)16-5-6-17(19)18(12-16)28(23,24)20-13-7-9-26-10-8-13/h2-6,11-13,20H,7-10H2,1H3. The molecule has 0 atom stereocenters. The van der Waals surface area contributed by atoms with Crippen LogP contribution in [0.3, 0.4) is 0 Å². The first-order valence-electron chi connectivity index (χ1n) is 8.53. The van der Waals surface area contributed by atoms with E-state index < -0.39 is 19.9 Å². The molecule has 7 nitrogen and oxygen atoms in total. The van der Waals surface area contributed by atoms with E-state index in [-0.39, 0.29) is 25.8 Å². The van der Waals surface area contributed by atoms with Gasteiger partial charge in [-0.05, 0) is 49.2 Å². The van der Waals surface area contributed by atoms with E-state index in [1.165, 1.54) is 31.4 Å². The fourth-order valence-electron chi connectivity index (χ4n) is 2.86. The molecule has 0 radical (unpaired) electrons. The molecule has 1 fully saturated rings. The summed E-state index contributed by atoms with van der Waals surface area (Å²) in [5.41, 5.74) is 0. The van der Waals surface area contributed by atoms with Gasteiger partial charge in [-0.3, -0.25) is 0 Å². The summed E-state index contributed by atoms with van der Waals surface area (Å²) in [6.45, 7) is 0.927. The lowest BCUT2D eigenvalue weighted by molar-refractivity contribution is 0.0832. The SMILES string of the molecule is COc1cccc(S(=O)(=O)c2ccc(Cl)c(S(=O)(=O)NC3CCOCC3)c2)c1. The Morgan fingerprint density at radius 2 is 1.71 bits per heavy atom. The Kier molecular flexibility index (Phi) is 6.31. The van der Waals surface area contributed by atoms with E-state index in [4.69, 9.17) is 21.1 Å². The number of sulfonamides is 1. The molecule has 0 spiro atoms. The van der Waals surface area contributed by atoms with Crippen molar-refractivity contribution in [1.82, 2.24) is 4.72 Å². The number of hydrogen-bond acceptors (Lipinski definition) is 6. The van der Waals surface area contributed by atoms with Crippen molar-refractivity contribution >= 4 is 31.5 Å². The summed E-state index contributed by atoms with van der Waals surface area (Å²) < 4.78 is 64.3. The highest BCUT2D eigenvalue weighted by molar-refractivity contribution is 7.91. The maximum Gasteiger partial charge on any atom is 0.242 e. The van der Waals surface area contributed by atoms with E-state index in [0.29, 0.717) is 31.8 Å². The second-order valence-corrected chi connectivity index (χ2v) is 10.3. The van der Waals surface area contributed by atoms with Gasteiger partial charge in [0, 0.05) is 19.3 Å². The van der Waals surface area contributed by atoms with Gasteiger partial charge in [-0.2, -0.15) is 0 Å². The molecule has 0 aliphatic carbocycles. The molecule has 1 aliphatic heterocycles. The van der Waals surface area contributed by atoms with Crippen LogP contribution in [0.5, 0.6) is 5.75 Å². The van der Waals surface area contributed by atoms with Crippen molar-refractivity contribution in [2.75, 3.05) is 20.3 Å². The van der Waals surface area contributed by atoms with Crippen LogP contribution in [-0.2, 0) is 24.6 Å². The summed E-state index contributed by atoms with van der Waals surface area (Å²) >= 11 is 6.08. The topological polar surface area (TPSA) is 98.8 Å². The average Bonchev–Trinajstić information content (AvgIpc) is 2.68. The molecule has 0 bridgehead atoms. The zero-order valence-electron chi connectivity index (χ0n) is 15.1. The third-order valence-corrected chi connectivity index (χ3v) is 8.15. The van der Waals surface area contributed by atoms with Crippen LogP contribution in [0.25, 0.3) is 0 Å². The highest BCUT2D eigenvalue weighted by atomic mass is 35.5. The predicted molar refractivity (Wildman–Crippen MR) is 104 cm³/mol. The quantitative estimate of drug-likeness (QED) is 0.733. The van der Waals surface area contributed by atoms with E-state index in [9.17, 15) is 16.8 Å². The zero-order valence-corrected chi connectivity index (χ0v) is 17.5. The monoisotopic (exact) mass is 445 g/mol. The second-order valence-electron chi connectivity index (χ2n) is 6.28. The Morgan fingerprint density at radius 1 is 1.04 bits per heavy atom. The smallest absolute Gasteiger partial charge is 0.242 e. The Balaban J connectivity index is 1.98. The molecule has 2 aromatic carbocycles. The van der Waals surface area contributed by atoms with Crippen molar-refractivity contribution in [2.24, 2.45) is 0 Å². The van der Waals surface area contributed by atoms with Crippen LogP contribution in [0.4, 0.5) is 0 Å². The van der Waals surface area contributed by atoms with Crippen LogP contribution < -0.4 is 9.46 Å². The van der Waals surface area contributed by atoms with E-state index in [1.807, 2.05) is 0 Å². The van der Waals surface area contributed by atoms with Gasteiger partial charge >= 0.3 is 0 Å². The number of methoxy groups -OCH3 is 1. The largest absolute Gasteiger partial charge is 0.497 e. The minimum absolute atomic E-state index is 0.00471. The van der Waals surface area contributed by atoms with E-state index >= 15 is 0 Å². The number of halogens is 1. The van der Waals surface area contributed by atoms with Gasteiger partial charge in [0.1, 0.15) is 10.6 Å². The summed E-state index contributed by atoms with van der Waals surface area (Å²) in [5.74, 6) is 0.379. The first kappa shape index (κ1) is 21.1. The molecule has 28 heavy (non-hydrogen) atoms. The van der Waals surface area contributed by atoms with Crippen molar-refractivity contribution in [3.05, 3.63) is 47.5 Å². The molecular formula is C18H20ClNO6S2. The van der Waals surface area contributed by atoms with E-state index in [1.54, 1.807) is 12.1 Å². The maximum atomic E-state index is 13.0. The predicted octanol–water partition coefficient (Wildman–Crippen LogP) is 2.64. The number of hydrogen-bond donors (Lipinski definition) is 1. The summed E-state index contributed by atoms with van der Waals surface area (Å²) in [4.78, 5) is -0.447. The Bertz CT molecular complexity index is 1060. The number of sulfone groups is 1. The van der Waals surface area contributed by atoms with Gasteiger partial charge < -0.3 is 9.47 Å². The van der Waals surface area contributed by atoms with Crippen molar-refractivity contribution in [1.29, 1.82) is 0 Å². The van der Waals surface area contributed by atoms with Crippen LogP contribution in [0.2, 0.25) is 5.02 Å². The number of rotatable bonds is 6. The van der Waals surface area contributed by atoms with Gasteiger partial charge in [-0.15, -0.1) is 0 Å². The first-order valence-corrected chi connectivity index (χ1v) is 11.9. The molecule has 0 amide bonds. The fourth-order valence-corrected chi connectivity index (χ4v) is 6.09. The van der Waals surface area contributed by atoms with Gasteiger partial charge in [0.2, 0.25) is 19.9 Å². The molecular weight excluding hydrogens is 426 g/mol. The lowest BCUT2D eigenvalue weighted by atomic mass is 10.1. The normalized spacial score (nSPS) is 16.1. The number of benzene rings is 2. The van der Waals surface area contributed by atoms with Crippen molar-refractivity contribution < 1.29 is 26.3 Å². The minimum Gasteiger partial charge on any atom is -0.497 e. The Labute approximate surface area is 169 Å². The van der Waals surface area contributed by atoms with E-state index in [2.05, 4.69) is 4.72 Å². The molecule has 2 aromatic rings. The van der Waals surface area contributed by atoms with Gasteiger partial charge in [-0.25, -0.2) is 21.6 Å². The highest BCUT2D eigenvalue weighted by Gasteiger charge is 2.27. The van der Waals surface area contributed by atoms with Crippen LogP contribution in [0.1, 0.15) is 12.8 Å². The third-order valence-electron chi connectivity index (χ3n) is 4.40. The fraction of sp³-hybridized carbons (Fsp3) is 0.333. The molecule has 0 aromatic heterocycles. The highest BCUT2D eigenvalue weighted by Crippen LogP contribution is 2.30. The van der Waals surface area contributed by atoms with Gasteiger partial charge in [-0.1, -0.05) is 17.7 Å². The molecule has 10 heteroatoms. The molecule has 0 saturated carbocycles. The molecule has 1 saturated heterocycles. The van der Waals surface area contributed by atoms with Crippen LogP contribution in [0.15, 0.2) is 57.2 Å². The minimum atomic E-state index is -4.00. The molecule has 0 unspecified atom stereocenters. The molecule has 1 N–H and O–H groups in total. The lowest BCUT2D eigenvalue weighted by Gasteiger charge is -2.23. The number of nitrogens with one attached hydrogen (secondary N) is 1. The molecule has 152 valence electrons. The summed E-state index contributed by atoms with van der Waals surface area (Å²) in [5, 5.41) is -0.0517. The molecule has 1 aliphatic rings. The van der Waals surface area contributed by atoms with Crippen molar-refractivity contribution in [3.8, 4) is 5.75 Å². The summed E-state index contributed by atoms with van der Waals surface area (Å²) in [6.07, 6.45) is 1.08. The van der Waals surface area contributed by atoms with Crippen LogP contribution in [0, 0.1) is 0 Å². The summed E-state index contributed by atoms with van der Waals surface area (Å²) in [7, 11) is -6.52. The maximum absolute atomic E-state index is 13.0. The van der Waals surface area contributed by atoms with Gasteiger partial charge in [0.05, 0.1) is 21.9 Å². The third kappa shape index (κ3) is 4.49. The van der Waals surface area contributed by atoms with Gasteiger partial charge in [0.25, 0.3) is 0 Å². The van der Waals surface area contributed by atoms with Crippen LogP contribution >= 0.6 is 11.6 Å². The molecule has 1 heterocycles. The number of ether oxygens (including phenoxy) is 2. The lowest BCUT2D eigenvalue weighted by Crippen LogP contribution is -2.39. The second kappa shape index (κ2) is 8.38. The average molecular weight is 446 g/mol.